The molecule has 5 nitrogen and oxygen atoms in total. The molecule has 1 aliphatic heterocycles. The van der Waals surface area contributed by atoms with E-state index in [4.69, 9.17) is 9.47 Å². The van der Waals surface area contributed by atoms with Gasteiger partial charge in [0.2, 0.25) is 0 Å². The van der Waals surface area contributed by atoms with Crippen LogP contribution in [-0.2, 0) is 9.36 Å². The zero-order valence-electron chi connectivity index (χ0n) is 18.4. The maximum absolute atomic E-state index is 14.6. The number of hydrogen-bond acceptors (Lipinski definition) is 5. The summed E-state index contributed by atoms with van der Waals surface area (Å²) >= 11 is 0. The van der Waals surface area contributed by atoms with Crippen LogP contribution in [0.5, 0.6) is 11.5 Å². The first-order chi connectivity index (χ1) is 12.8. The van der Waals surface area contributed by atoms with Gasteiger partial charge >= 0.3 is 0 Å². The molecule has 0 aliphatic carbocycles. The normalized spacial score (nSPS) is 23.3. The van der Waals surface area contributed by atoms with E-state index in [0.717, 1.165) is 0 Å². The second kappa shape index (κ2) is 7.84. The van der Waals surface area contributed by atoms with Crippen LogP contribution in [-0.4, -0.2) is 35.6 Å². The summed E-state index contributed by atoms with van der Waals surface area (Å²) < 4.78 is 26.3. The third kappa shape index (κ3) is 3.64. The molecule has 0 saturated heterocycles. The van der Waals surface area contributed by atoms with Crippen molar-refractivity contribution >= 4 is 18.2 Å². The third-order valence-electron chi connectivity index (χ3n) is 6.04. The van der Waals surface area contributed by atoms with Crippen molar-refractivity contribution in [1.29, 1.82) is 0 Å². The van der Waals surface area contributed by atoms with Crippen LogP contribution in [0.1, 0.15) is 54.9 Å². The van der Waals surface area contributed by atoms with E-state index in [2.05, 4.69) is 0 Å². The van der Waals surface area contributed by atoms with Gasteiger partial charge in [-0.15, -0.1) is 0 Å². The van der Waals surface area contributed by atoms with Crippen molar-refractivity contribution < 1.29 is 23.9 Å². The predicted octanol–water partition coefficient (Wildman–Crippen LogP) is 4.45. The van der Waals surface area contributed by atoms with E-state index in [1.54, 1.807) is 19.2 Å². The minimum Gasteiger partial charge on any atom is -0.496 e. The summed E-state index contributed by atoms with van der Waals surface area (Å²) in [6, 6.07) is 5.39. The van der Waals surface area contributed by atoms with Gasteiger partial charge in [0.25, 0.3) is 0 Å². The van der Waals surface area contributed by atoms with Crippen molar-refractivity contribution in [1.82, 2.24) is 0 Å². The number of methoxy groups -OCH3 is 1. The fraction of sp³-hybridized carbons (Fsp3) is 0.682. The first-order valence-corrected chi connectivity index (χ1v) is 11.7. The average molecular weight is 410 g/mol. The number of Topliss-reactive ketones (excluding diaryl/α,β-unsaturated/α-hetero) is 1. The molecule has 0 spiro atoms. The van der Waals surface area contributed by atoms with Crippen LogP contribution in [0.3, 0.4) is 0 Å². The number of hydrogen-bond donors (Lipinski definition) is 1. The van der Waals surface area contributed by atoms with Crippen molar-refractivity contribution in [3.63, 3.8) is 0 Å². The van der Waals surface area contributed by atoms with Gasteiger partial charge in [0.15, 0.2) is 13.0 Å². The van der Waals surface area contributed by atoms with Gasteiger partial charge in [-0.1, -0.05) is 40.7 Å². The molecule has 0 bridgehead atoms. The standard InChI is InChI=1S/C22H35O5P/c1-14(2)15(13-23)12-18(24)22(6,7)20-27-17-11-9-10-16(26-8)19(17)28(20,25)21(3,4)5/h9-11,14-15,20,23H,12-13H2,1-8H3/t15-,20-,28+/m0/s1. The van der Waals surface area contributed by atoms with Gasteiger partial charge in [-0.25, -0.2) is 0 Å². The van der Waals surface area contributed by atoms with Crippen LogP contribution in [0.4, 0.5) is 0 Å². The molecular weight excluding hydrogens is 375 g/mol. The van der Waals surface area contributed by atoms with Crippen LogP contribution < -0.4 is 14.8 Å². The molecule has 0 amide bonds. The molecule has 1 aliphatic rings. The van der Waals surface area contributed by atoms with Crippen LogP contribution in [0.2, 0.25) is 0 Å². The van der Waals surface area contributed by atoms with Gasteiger partial charge < -0.3 is 19.1 Å². The number of ketones is 1. The minimum absolute atomic E-state index is 0.0403. The molecule has 0 unspecified atom stereocenters. The summed E-state index contributed by atoms with van der Waals surface area (Å²) in [7, 11) is -1.63. The molecule has 1 heterocycles. The van der Waals surface area contributed by atoms with Crippen LogP contribution in [0.15, 0.2) is 18.2 Å². The van der Waals surface area contributed by atoms with Gasteiger partial charge in [0.1, 0.15) is 17.3 Å². The first-order valence-electron chi connectivity index (χ1n) is 9.90. The van der Waals surface area contributed by atoms with Gasteiger partial charge in [-0.05, 0) is 37.8 Å². The molecule has 0 radical (unpaired) electrons. The van der Waals surface area contributed by atoms with Crippen molar-refractivity contribution in [2.75, 3.05) is 13.7 Å². The molecule has 3 atom stereocenters. The molecule has 28 heavy (non-hydrogen) atoms. The summed E-state index contributed by atoms with van der Waals surface area (Å²) in [5, 5.41) is 9.65. The lowest BCUT2D eigenvalue weighted by Gasteiger charge is -2.39. The molecule has 0 saturated carbocycles. The number of aliphatic hydroxyl groups is 1. The monoisotopic (exact) mass is 410 g/mol. The average Bonchev–Trinajstić information content (AvgIpc) is 2.94. The van der Waals surface area contributed by atoms with E-state index < -0.39 is 23.6 Å². The van der Waals surface area contributed by atoms with Gasteiger partial charge in [-0.2, -0.15) is 0 Å². The molecular formula is C22H35O5P. The molecule has 2 rings (SSSR count). The maximum atomic E-state index is 14.6. The molecule has 6 heteroatoms. The smallest absolute Gasteiger partial charge is 0.167 e. The Kier molecular flexibility index (Phi) is 6.43. The Hall–Kier alpha value is -1.32. The topological polar surface area (TPSA) is 72.8 Å². The Morgan fingerprint density at radius 3 is 2.32 bits per heavy atom. The van der Waals surface area contributed by atoms with Crippen LogP contribution in [0, 0.1) is 17.3 Å². The molecule has 0 fully saturated rings. The zero-order valence-corrected chi connectivity index (χ0v) is 19.3. The molecule has 0 aromatic heterocycles. The fourth-order valence-corrected chi connectivity index (χ4v) is 7.71. The first kappa shape index (κ1) is 23.0. The predicted molar refractivity (Wildman–Crippen MR) is 113 cm³/mol. The van der Waals surface area contributed by atoms with E-state index in [0.29, 0.717) is 16.8 Å². The summed E-state index contributed by atoms with van der Waals surface area (Å²) in [6.45, 7) is 13.3. The number of fused-ring (bicyclic) bond motifs is 1. The quantitative estimate of drug-likeness (QED) is 0.673. The lowest BCUT2D eigenvalue weighted by molar-refractivity contribution is -0.131. The van der Waals surface area contributed by atoms with Crippen molar-refractivity contribution in [3.05, 3.63) is 18.2 Å². The molecule has 158 valence electrons. The van der Waals surface area contributed by atoms with Gasteiger partial charge in [0, 0.05) is 18.2 Å². The van der Waals surface area contributed by atoms with E-state index >= 15 is 0 Å². The highest BCUT2D eigenvalue weighted by Gasteiger charge is 2.60. The summed E-state index contributed by atoms with van der Waals surface area (Å²) in [5.74, 6) is 0.315. The van der Waals surface area contributed by atoms with Crippen molar-refractivity contribution in [3.8, 4) is 11.5 Å². The van der Waals surface area contributed by atoms with E-state index in [9.17, 15) is 14.5 Å². The minimum atomic E-state index is -3.19. The SMILES string of the molecule is COc1cccc2c1[P@](=O)(C(C)(C)C)[C@@H](C(C)(C)C(=O)C[C@@H](CO)C(C)C)O2. The Morgan fingerprint density at radius 1 is 1.25 bits per heavy atom. The summed E-state index contributed by atoms with van der Waals surface area (Å²) in [5.41, 5.74) is -0.977. The van der Waals surface area contributed by atoms with Crippen molar-refractivity contribution in [2.24, 2.45) is 17.3 Å². The number of benzene rings is 1. The number of ether oxygens (including phenoxy) is 2. The second-order valence-corrected chi connectivity index (χ2v) is 13.2. The van der Waals surface area contributed by atoms with E-state index in [1.807, 2.05) is 54.5 Å². The number of rotatable bonds is 7. The number of carbonyl (C=O) groups is 1. The number of aliphatic hydroxyl groups excluding tert-OH is 1. The lowest BCUT2D eigenvalue weighted by atomic mass is 9.81. The number of carbonyl (C=O) groups excluding carboxylic acids is 1. The highest BCUT2D eigenvalue weighted by molar-refractivity contribution is 7.74. The highest BCUT2D eigenvalue weighted by atomic mass is 31.2. The fourth-order valence-electron chi connectivity index (χ4n) is 3.84. The Labute approximate surface area is 169 Å². The summed E-state index contributed by atoms with van der Waals surface area (Å²) in [4.78, 5) is 13.3. The highest BCUT2D eigenvalue weighted by Crippen LogP contribution is 2.70. The van der Waals surface area contributed by atoms with Crippen molar-refractivity contribution in [2.45, 2.75) is 65.9 Å². The molecule has 1 aromatic rings. The Morgan fingerprint density at radius 2 is 1.86 bits per heavy atom. The lowest BCUT2D eigenvalue weighted by Crippen LogP contribution is -2.44. The zero-order chi connectivity index (χ0) is 21.5. The van der Waals surface area contributed by atoms with Crippen LogP contribution in [0.25, 0.3) is 0 Å². The van der Waals surface area contributed by atoms with Crippen LogP contribution >= 0.6 is 7.14 Å². The van der Waals surface area contributed by atoms with E-state index in [-0.39, 0.29) is 30.6 Å². The van der Waals surface area contributed by atoms with Gasteiger partial charge in [0.05, 0.1) is 17.8 Å². The third-order valence-corrected chi connectivity index (χ3v) is 10.6. The maximum Gasteiger partial charge on any atom is 0.167 e. The largest absolute Gasteiger partial charge is 0.496 e. The second-order valence-electron chi connectivity index (χ2n) is 9.64. The molecule has 1 N–H and O–H groups in total. The summed E-state index contributed by atoms with van der Waals surface area (Å²) in [6.07, 6.45) is 0.235. The Balaban J connectivity index is 2.55. The van der Waals surface area contributed by atoms with E-state index in [1.165, 1.54) is 0 Å². The van der Waals surface area contributed by atoms with Gasteiger partial charge in [-0.3, -0.25) is 4.79 Å². The Bertz CT molecular complexity index is 776. The molecule has 1 aromatic carbocycles.